The molecule has 0 saturated carbocycles. The number of aromatic nitrogens is 1. The standard InChI is InChI=1S/C10H17NOS/c1-2-5-9-8-13-10(11-9)6-3-4-7-12/h8,12H,2-7H2,1H3. The number of thiazole rings is 1. The van der Waals surface area contributed by atoms with E-state index in [2.05, 4.69) is 17.3 Å². The lowest BCUT2D eigenvalue weighted by atomic mass is 10.2. The molecule has 0 unspecified atom stereocenters. The number of rotatable bonds is 6. The lowest BCUT2D eigenvalue weighted by Crippen LogP contribution is -1.89. The second-order valence-corrected chi connectivity index (χ2v) is 4.11. The summed E-state index contributed by atoms with van der Waals surface area (Å²) in [5, 5.41) is 12.0. The Balaban J connectivity index is 2.31. The van der Waals surface area contributed by atoms with Gasteiger partial charge in [-0.15, -0.1) is 11.3 Å². The van der Waals surface area contributed by atoms with Gasteiger partial charge in [0.1, 0.15) is 0 Å². The van der Waals surface area contributed by atoms with Gasteiger partial charge in [-0.2, -0.15) is 0 Å². The maximum Gasteiger partial charge on any atom is 0.0928 e. The third-order valence-corrected chi connectivity index (χ3v) is 2.86. The third-order valence-electron chi connectivity index (χ3n) is 1.90. The molecule has 0 bridgehead atoms. The first-order valence-corrected chi connectivity index (χ1v) is 5.79. The topological polar surface area (TPSA) is 33.1 Å². The van der Waals surface area contributed by atoms with Crippen LogP contribution in [0, 0.1) is 0 Å². The highest BCUT2D eigenvalue weighted by Gasteiger charge is 2.00. The van der Waals surface area contributed by atoms with Crippen molar-refractivity contribution >= 4 is 11.3 Å². The van der Waals surface area contributed by atoms with Crippen molar-refractivity contribution in [2.24, 2.45) is 0 Å². The molecule has 0 aliphatic rings. The molecule has 1 heterocycles. The van der Waals surface area contributed by atoms with Crippen LogP contribution in [0.2, 0.25) is 0 Å². The predicted molar refractivity (Wildman–Crippen MR) is 56.1 cm³/mol. The second-order valence-electron chi connectivity index (χ2n) is 3.16. The molecule has 1 aromatic rings. The maximum absolute atomic E-state index is 8.62. The van der Waals surface area contributed by atoms with Gasteiger partial charge in [-0.05, 0) is 25.7 Å². The lowest BCUT2D eigenvalue weighted by Gasteiger charge is -1.93. The first-order chi connectivity index (χ1) is 6.36. The summed E-state index contributed by atoms with van der Waals surface area (Å²) in [6.45, 7) is 2.47. The Kier molecular flexibility index (Phi) is 5.01. The monoisotopic (exact) mass is 199 g/mol. The number of aliphatic hydroxyl groups excluding tert-OH is 1. The van der Waals surface area contributed by atoms with Gasteiger partial charge in [0.2, 0.25) is 0 Å². The van der Waals surface area contributed by atoms with Crippen molar-refractivity contribution in [3.05, 3.63) is 16.1 Å². The van der Waals surface area contributed by atoms with E-state index in [1.807, 2.05) is 0 Å². The van der Waals surface area contributed by atoms with Crippen molar-refractivity contribution in [1.82, 2.24) is 4.98 Å². The number of aryl methyl sites for hydroxylation is 2. The summed E-state index contributed by atoms with van der Waals surface area (Å²) in [5.41, 5.74) is 1.23. The summed E-state index contributed by atoms with van der Waals surface area (Å²) < 4.78 is 0. The average Bonchev–Trinajstić information content (AvgIpc) is 2.54. The Hall–Kier alpha value is -0.410. The van der Waals surface area contributed by atoms with Gasteiger partial charge in [-0.25, -0.2) is 4.98 Å². The molecule has 0 spiro atoms. The molecule has 0 aromatic carbocycles. The summed E-state index contributed by atoms with van der Waals surface area (Å²) in [6, 6.07) is 0. The van der Waals surface area contributed by atoms with Crippen molar-refractivity contribution in [2.75, 3.05) is 6.61 Å². The van der Waals surface area contributed by atoms with E-state index in [1.54, 1.807) is 11.3 Å². The molecular weight excluding hydrogens is 182 g/mol. The van der Waals surface area contributed by atoms with Crippen molar-refractivity contribution in [3.8, 4) is 0 Å². The fourth-order valence-corrected chi connectivity index (χ4v) is 2.10. The Morgan fingerprint density at radius 1 is 1.38 bits per heavy atom. The van der Waals surface area contributed by atoms with E-state index >= 15 is 0 Å². The van der Waals surface area contributed by atoms with E-state index in [9.17, 15) is 0 Å². The largest absolute Gasteiger partial charge is 0.396 e. The number of unbranched alkanes of at least 4 members (excludes halogenated alkanes) is 1. The highest BCUT2D eigenvalue weighted by Crippen LogP contribution is 2.13. The average molecular weight is 199 g/mol. The van der Waals surface area contributed by atoms with Crippen molar-refractivity contribution in [3.63, 3.8) is 0 Å². The molecule has 3 heteroatoms. The van der Waals surface area contributed by atoms with Crippen LogP contribution in [0.25, 0.3) is 0 Å². The van der Waals surface area contributed by atoms with Crippen molar-refractivity contribution in [1.29, 1.82) is 0 Å². The van der Waals surface area contributed by atoms with Crippen LogP contribution in [0.4, 0.5) is 0 Å². The van der Waals surface area contributed by atoms with Crippen LogP contribution in [0.15, 0.2) is 5.38 Å². The number of hydrogen-bond donors (Lipinski definition) is 1. The molecule has 1 aromatic heterocycles. The first-order valence-electron chi connectivity index (χ1n) is 4.91. The van der Waals surface area contributed by atoms with Gasteiger partial charge in [-0.3, -0.25) is 0 Å². The van der Waals surface area contributed by atoms with Crippen molar-refractivity contribution in [2.45, 2.75) is 39.0 Å². The van der Waals surface area contributed by atoms with E-state index in [1.165, 1.54) is 17.1 Å². The molecule has 0 aliphatic heterocycles. The molecule has 0 amide bonds. The van der Waals surface area contributed by atoms with E-state index in [-0.39, 0.29) is 0 Å². The van der Waals surface area contributed by atoms with Gasteiger partial charge in [0.05, 0.1) is 10.7 Å². The van der Waals surface area contributed by atoms with E-state index in [0.717, 1.165) is 25.7 Å². The number of hydrogen-bond acceptors (Lipinski definition) is 3. The van der Waals surface area contributed by atoms with Crippen LogP contribution in [0.3, 0.4) is 0 Å². The third kappa shape index (κ3) is 3.87. The normalized spacial score (nSPS) is 10.6. The Bertz CT molecular complexity index is 235. The molecule has 0 atom stereocenters. The smallest absolute Gasteiger partial charge is 0.0928 e. The Labute approximate surface area is 83.6 Å². The molecule has 74 valence electrons. The van der Waals surface area contributed by atoms with Crippen LogP contribution >= 0.6 is 11.3 Å². The summed E-state index contributed by atoms with van der Waals surface area (Å²) >= 11 is 1.75. The second kappa shape index (κ2) is 6.11. The summed E-state index contributed by atoms with van der Waals surface area (Å²) in [6.07, 6.45) is 5.23. The van der Waals surface area contributed by atoms with Crippen LogP contribution in [-0.2, 0) is 12.8 Å². The fourth-order valence-electron chi connectivity index (χ4n) is 1.22. The van der Waals surface area contributed by atoms with Crippen molar-refractivity contribution < 1.29 is 5.11 Å². The molecule has 0 fully saturated rings. The van der Waals surface area contributed by atoms with E-state index in [4.69, 9.17) is 5.11 Å². The van der Waals surface area contributed by atoms with Gasteiger partial charge < -0.3 is 5.11 Å². The van der Waals surface area contributed by atoms with Crippen LogP contribution < -0.4 is 0 Å². The highest BCUT2D eigenvalue weighted by atomic mass is 32.1. The quantitative estimate of drug-likeness (QED) is 0.714. The molecule has 2 nitrogen and oxygen atoms in total. The molecule has 13 heavy (non-hydrogen) atoms. The Morgan fingerprint density at radius 2 is 2.23 bits per heavy atom. The van der Waals surface area contributed by atoms with Gasteiger partial charge >= 0.3 is 0 Å². The molecular formula is C10H17NOS. The molecule has 1 rings (SSSR count). The van der Waals surface area contributed by atoms with E-state index < -0.39 is 0 Å². The number of aliphatic hydroxyl groups is 1. The minimum atomic E-state index is 0.299. The molecule has 1 N–H and O–H groups in total. The first kappa shape index (κ1) is 10.7. The summed E-state index contributed by atoms with van der Waals surface area (Å²) in [4.78, 5) is 4.51. The minimum Gasteiger partial charge on any atom is -0.396 e. The molecule has 0 aliphatic carbocycles. The Morgan fingerprint density at radius 3 is 2.92 bits per heavy atom. The number of nitrogens with zero attached hydrogens (tertiary/aromatic N) is 1. The van der Waals surface area contributed by atoms with Gasteiger partial charge in [-0.1, -0.05) is 13.3 Å². The summed E-state index contributed by atoms with van der Waals surface area (Å²) in [5.74, 6) is 0. The maximum atomic E-state index is 8.62. The van der Waals surface area contributed by atoms with Crippen LogP contribution in [0.1, 0.15) is 36.9 Å². The zero-order chi connectivity index (χ0) is 9.52. The fraction of sp³-hybridized carbons (Fsp3) is 0.700. The van der Waals surface area contributed by atoms with Gasteiger partial charge in [0.25, 0.3) is 0 Å². The van der Waals surface area contributed by atoms with Crippen LogP contribution in [-0.4, -0.2) is 16.7 Å². The highest BCUT2D eigenvalue weighted by molar-refractivity contribution is 7.09. The predicted octanol–water partition coefficient (Wildman–Crippen LogP) is 2.41. The lowest BCUT2D eigenvalue weighted by molar-refractivity contribution is 0.284. The van der Waals surface area contributed by atoms with E-state index in [0.29, 0.717) is 6.61 Å². The minimum absolute atomic E-state index is 0.299. The zero-order valence-electron chi connectivity index (χ0n) is 8.12. The summed E-state index contributed by atoms with van der Waals surface area (Å²) in [7, 11) is 0. The van der Waals surface area contributed by atoms with Gasteiger partial charge in [0, 0.05) is 12.0 Å². The molecule has 0 radical (unpaired) electrons. The zero-order valence-corrected chi connectivity index (χ0v) is 8.94. The van der Waals surface area contributed by atoms with Gasteiger partial charge in [0.15, 0.2) is 0 Å². The SMILES string of the molecule is CCCc1csc(CCCCO)n1. The molecule has 0 saturated heterocycles. The van der Waals surface area contributed by atoms with Crippen LogP contribution in [0.5, 0.6) is 0 Å².